The summed E-state index contributed by atoms with van der Waals surface area (Å²) in [6, 6.07) is 93.6. The van der Waals surface area contributed by atoms with Gasteiger partial charge < -0.3 is 18.3 Å². The van der Waals surface area contributed by atoms with E-state index in [-0.39, 0.29) is 0 Å². The highest BCUT2D eigenvalue weighted by atomic mass is 15.1. The van der Waals surface area contributed by atoms with Gasteiger partial charge in [-0.25, -0.2) is 0 Å². The minimum absolute atomic E-state index is 1.13. The van der Waals surface area contributed by atoms with Crippen LogP contribution in [0.15, 0.2) is 255 Å². The normalized spacial score (nSPS) is 12.0. The highest BCUT2D eigenvalue weighted by Gasteiger charge is 2.23. The summed E-state index contributed by atoms with van der Waals surface area (Å²) in [7, 11) is 0. The fourth-order valence-corrected chi connectivity index (χ4v) is 11.7. The Morgan fingerprint density at radius 3 is 0.929 bits per heavy atom. The van der Waals surface area contributed by atoms with Gasteiger partial charge in [0.05, 0.1) is 49.8 Å². The maximum atomic E-state index is 2.52. The van der Waals surface area contributed by atoms with Crippen LogP contribution in [0.2, 0.25) is 0 Å². The lowest BCUT2D eigenvalue weighted by Crippen LogP contribution is -2.01. The Morgan fingerprint density at radius 2 is 0.486 bits per heavy atom. The third-order valence-electron chi connectivity index (χ3n) is 14.7. The Labute approximate surface area is 403 Å². The van der Waals surface area contributed by atoms with Crippen molar-refractivity contribution in [1.82, 2.24) is 18.3 Å². The summed E-state index contributed by atoms with van der Waals surface area (Å²) in [6.45, 7) is 0. The molecule has 0 fully saturated rings. The third kappa shape index (κ3) is 5.65. The van der Waals surface area contributed by atoms with Gasteiger partial charge in [-0.2, -0.15) is 0 Å². The van der Waals surface area contributed by atoms with Crippen molar-refractivity contribution in [2.24, 2.45) is 0 Å². The maximum Gasteiger partial charge on any atom is 0.0782 e. The van der Waals surface area contributed by atoms with Gasteiger partial charge in [-0.15, -0.1) is 0 Å². The summed E-state index contributed by atoms with van der Waals surface area (Å²) in [4.78, 5) is 0. The molecule has 70 heavy (non-hydrogen) atoms. The first-order chi connectivity index (χ1) is 34.7. The van der Waals surface area contributed by atoms with Gasteiger partial charge in [0, 0.05) is 60.2 Å². The minimum atomic E-state index is 1.13. The zero-order chi connectivity index (χ0) is 45.9. The Morgan fingerprint density at radius 1 is 0.186 bits per heavy atom. The lowest BCUT2D eigenvalue weighted by atomic mass is 9.99. The van der Waals surface area contributed by atoms with Crippen LogP contribution in [0, 0.1) is 0 Å². The fourth-order valence-electron chi connectivity index (χ4n) is 11.7. The van der Waals surface area contributed by atoms with E-state index in [1.165, 1.54) is 104 Å². The van der Waals surface area contributed by atoms with E-state index in [9.17, 15) is 0 Å². The lowest BCUT2D eigenvalue weighted by Gasteiger charge is -2.16. The molecule has 0 N–H and O–H groups in total. The summed E-state index contributed by atoms with van der Waals surface area (Å²) >= 11 is 0. The van der Waals surface area contributed by atoms with Gasteiger partial charge in [0.1, 0.15) is 0 Å². The van der Waals surface area contributed by atoms with E-state index in [0.29, 0.717) is 0 Å². The van der Waals surface area contributed by atoms with Crippen LogP contribution >= 0.6 is 0 Å². The second-order valence-electron chi connectivity index (χ2n) is 18.5. The van der Waals surface area contributed by atoms with Gasteiger partial charge in [0.2, 0.25) is 0 Å². The molecule has 0 bridgehead atoms. The van der Waals surface area contributed by atoms with E-state index in [2.05, 4.69) is 273 Å². The number of hydrogen-bond acceptors (Lipinski definition) is 0. The minimum Gasteiger partial charge on any atom is -0.309 e. The highest BCUT2D eigenvalue weighted by Crippen LogP contribution is 2.44. The Kier molecular flexibility index (Phi) is 8.33. The van der Waals surface area contributed by atoms with Crippen LogP contribution in [-0.2, 0) is 0 Å². The number of fused-ring (bicyclic) bond motifs is 12. The summed E-state index contributed by atoms with van der Waals surface area (Å²) in [5.74, 6) is 0. The Hall–Kier alpha value is -9.38. The number of aromatic nitrogens is 4. The van der Waals surface area contributed by atoms with E-state index in [1.807, 2.05) is 0 Å². The predicted octanol–water partition coefficient (Wildman–Crippen LogP) is 17.4. The van der Waals surface area contributed by atoms with Crippen molar-refractivity contribution in [1.29, 1.82) is 0 Å². The van der Waals surface area contributed by atoms with Crippen LogP contribution in [0.3, 0.4) is 0 Å². The van der Waals surface area contributed by atoms with Crippen LogP contribution in [0.1, 0.15) is 0 Å². The highest BCUT2D eigenvalue weighted by molar-refractivity contribution is 6.18. The van der Waals surface area contributed by atoms with Crippen molar-refractivity contribution in [2.75, 3.05) is 0 Å². The molecule has 0 atom stereocenters. The quantitative estimate of drug-likeness (QED) is 0.158. The fraction of sp³-hybridized carbons (Fsp3) is 0. The second-order valence-corrected chi connectivity index (χ2v) is 18.5. The summed E-state index contributed by atoms with van der Waals surface area (Å²) in [5, 5.41) is 9.84. The Balaban J connectivity index is 0.987. The van der Waals surface area contributed by atoms with Crippen LogP contribution in [0.25, 0.3) is 132 Å². The first kappa shape index (κ1) is 38.7. The van der Waals surface area contributed by atoms with Gasteiger partial charge in [0.25, 0.3) is 0 Å². The topological polar surface area (TPSA) is 19.7 Å². The van der Waals surface area contributed by atoms with Gasteiger partial charge in [-0.1, -0.05) is 146 Å². The lowest BCUT2D eigenvalue weighted by molar-refractivity contribution is 1.13. The molecule has 0 unspecified atom stereocenters. The van der Waals surface area contributed by atoms with Crippen LogP contribution < -0.4 is 0 Å². The maximum absolute atomic E-state index is 2.52. The molecule has 4 nitrogen and oxygen atoms in total. The molecule has 0 saturated heterocycles. The smallest absolute Gasteiger partial charge is 0.0782 e. The van der Waals surface area contributed by atoms with E-state index < -0.39 is 0 Å². The molecular formula is C66H42N4. The molecule has 0 amide bonds. The summed E-state index contributed by atoms with van der Waals surface area (Å²) in [5.41, 5.74) is 18.8. The largest absolute Gasteiger partial charge is 0.309 e. The molecule has 0 spiro atoms. The van der Waals surface area contributed by atoms with Crippen molar-refractivity contribution in [3.63, 3.8) is 0 Å². The molecule has 4 heterocycles. The molecule has 4 heteroatoms. The zero-order valence-electron chi connectivity index (χ0n) is 38.0. The van der Waals surface area contributed by atoms with Crippen LogP contribution in [0.4, 0.5) is 0 Å². The third-order valence-corrected chi connectivity index (χ3v) is 14.7. The van der Waals surface area contributed by atoms with Gasteiger partial charge in [-0.05, 0) is 131 Å². The number of para-hydroxylation sites is 7. The zero-order valence-corrected chi connectivity index (χ0v) is 38.0. The number of benzene rings is 11. The standard InChI is InChI=1S/C66H42N4/c1-4-18-47(19-5-1)67-58-28-14-10-24-50(58)54-38-43(32-35-62(54)67)44-33-37-64-56(39-44)52-26-12-17-31-61(52)70(64)65-42-46(41-57-53-27-13-16-30-60(53)69(66(57)65)49-22-8-3-9-23-49)45-34-36-63-55(40-45)51-25-11-15-29-59(51)68(63)48-20-6-2-7-21-48/h1-42H. The summed E-state index contributed by atoms with van der Waals surface area (Å²) < 4.78 is 9.77. The first-order valence-electron chi connectivity index (χ1n) is 24.1. The number of rotatable bonds is 6. The molecule has 0 aliphatic rings. The molecule has 11 aromatic carbocycles. The molecule has 4 aromatic heterocycles. The molecular weight excluding hydrogens is 849 g/mol. The van der Waals surface area contributed by atoms with E-state index in [4.69, 9.17) is 0 Å². The SMILES string of the molecule is c1ccc(-n2c3ccccc3c3cc(-c4ccc5c(c4)c4ccccc4n5-c4cc(-c5ccc6c(c5)c5ccccc5n6-c5ccccc5)cc5c6ccccc6n(-c6ccccc6)c45)ccc32)cc1. The van der Waals surface area contributed by atoms with E-state index >= 15 is 0 Å². The van der Waals surface area contributed by atoms with Crippen molar-refractivity contribution >= 4 is 87.2 Å². The van der Waals surface area contributed by atoms with Crippen molar-refractivity contribution in [3.05, 3.63) is 255 Å². The van der Waals surface area contributed by atoms with Crippen molar-refractivity contribution < 1.29 is 0 Å². The average Bonchev–Trinajstić information content (AvgIpc) is 4.16. The van der Waals surface area contributed by atoms with Crippen LogP contribution in [-0.4, -0.2) is 18.3 Å². The number of nitrogens with zero attached hydrogens (tertiary/aromatic N) is 4. The second kappa shape index (κ2) is 15.1. The Bertz CT molecular complexity index is 4570. The van der Waals surface area contributed by atoms with Gasteiger partial charge >= 0.3 is 0 Å². The van der Waals surface area contributed by atoms with Gasteiger partial charge in [0.15, 0.2) is 0 Å². The van der Waals surface area contributed by atoms with Crippen molar-refractivity contribution in [2.45, 2.75) is 0 Å². The van der Waals surface area contributed by atoms with E-state index in [1.54, 1.807) is 0 Å². The molecule has 0 aliphatic carbocycles. The average molecular weight is 891 g/mol. The van der Waals surface area contributed by atoms with Crippen LogP contribution in [0.5, 0.6) is 0 Å². The van der Waals surface area contributed by atoms with E-state index in [0.717, 1.165) is 28.3 Å². The van der Waals surface area contributed by atoms with Crippen molar-refractivity contribution in [3.8, 4) is 45.0 Å². The molecule has 15 aromatic rings. The molecule has 326 valence electrons. The van der Waals surface area contributed by atoms with Gasteiger partial charge in [-0.3, -0.25) is 0 Å². The predicted molar refractivity (Wildman–Crippen MR) is 295 cm³/mol. The number of hydrogen-bond donors (Lipinski definition) is 0. The monoisotopic (exact) mass is 890 g/mol. The molecule has 0 aliphatic heterocycles. The molecule has 15 rings (SSSR count). The molecule has 0 saturated carbocycles. The molecule has 0 radical (unpaired) electrons. The first-order valence-corrected chi connectivity index (χ1v) is 24.1. The summed E-state index contributed by atoms with van der Waals surface area (Å²) in [6.07, 6.45) is 0.